The van der Waals surface area contributed by atoms with Crippen molar-refractivity contribution in [3.63, 3.8) is 0 Å². The van der Waals surface area contributed by atoms with Crippen LogP contribution in [0, 0.1) is 0 Å². The van der Waals surface area contributed by atoms with Gasteiger partial charge >= 0.3 is 12.1 Å². The van der Waals surface area contributed by atoms with Crippen molar-refractivity contribution in [3.05, 3.63) is 18.2 Å². The van der Waals surface area contributed by atoms with Gasteiger partial charge in [0.25, 0.3) is 0 Å². The topological polar surface area (TPSA) is 79.7 Å². The molecule has 0 saturated heterocycles. The standard InChI is InChI=1S/C9H12N2O5/c1-3-14-8(12)7-5-10-6-11(7)16-9(13)15-4-2/h5-6H,3-4H2,1-2H3. The van der Waals surface area contributed by atoms with Crippen molar-refractivity contribution in [2.75, 3.05) is 13.2 Å². The number of ether oxygens (including phenoxy) is 2. The minimum Gasteiger partial charge on any atom is -0.461 e. The zero-order valence-electron chi connectivity index (χ0n) is 9.00. The van der Waals surface area contributed by atoms with Crippen molar-refractivity contribution < 1.29 is 23.9 Å². The molecule has 0 atom stereocenters. The Hall–Kier alpha value is -2.05. The summed E-state index contributed by atoms with van der Waals surface area (Å²) in [5, 5.41) is 0. The monoisotopic (exact) mass is 228 g/mol. The van der Waals surface area contributed by atoms with E-state index in [1.165, 1.54) is 12.5 Å². The first-order chi connectivity index (χ1) is 7.69. The SMILES string of the molecule is CCOC(=O)On1cncc1C(=O)OCC. The van der Waals surface area contributed by atoms with Crippen LogP contribution in [-0.2, 0) is 9.47 Å². The number of imidazole rings is 1. The van der Waals surface area contributed by atoms with Gasteiger partial charge in [0.15, 0.2) is 5.69 Å². The van der Waals surface area contributed by atoms with Gasteiger partial charge in [0.2, 0.25) is 0 Å². The first-order valence-electron chi connectivity index (χ1n) is 4.73. The fourth-order valence-corrected chi connectivity index (χ4v) is 0.929. The summed E-state index contributed by atoms with van der Waals surface area (Å²) in [4.78, 5) is 30.7. The van der Waals surface area contributed by atoms with Crippen molar-refractivity contribution in [3.8, 4) is 0 Å². The number of esters is 1. The van der Waals surface area contributed by atoms with Crippen LogP contribution < -0.4 is 4.84 Å². The zero-order chi connectivity index (χ0) is 12.0. The Morgan fingerprint density at radius 2 is 2.00 bits per heavy atom. The number of nitrogens with zero attached hydrogens (tertiary/aromatic N) is 2. The third-order valence-corrected chi connectivity index (χ3v) is 1.53. The van der Waals surface area contributed by atoms with Crippen LogP contribution in [0.5, 0.6) is 0 Å². The Kier molecular flexibility index (Phi) is 4.31. The highest BCUT2D eigenvalue weighted by atomic mass is 16.8. The summed E-state index contributed by atoms with van der Waals surface area (Å²) in [6, 6.07) is 0. The molecule has 0 unspecified atom stereocenters. The minimum absolute atomic E-state index is 0.0231. The normalized spacial score (nSPS) is 9.62. The second kappa shape index (κ2) is 5.74. The van der Waals surface area contributed by atoms with E-state index in [9.17, 15) is 9.59 Å². The maximum atomic E-state index is 11.4. The smallest absolute Gasteiger partial charge is 0.461 e. The molecule has 0 aromatic carbocycles. The second-order valence-electron chi connectivity index (χ2n) is 2.60. The molecule has 0 aliphatic carbocycles. The summed E-state index contributed by atoms with van der Waals surface area (Å²) in [5.41, 5.74) is 0.0231. The average molecular weight is 228 g/mol. The van der Waals surface area contributed by atoms with Gasteiger partial charge in [-0.2, -0.15) is 4.73 Å². The fraction of sp³-hybridized carbons (Fsp3) is 0.444. The molecule has 0 bridgehead atoms. The van der Waals surface area contributed by atoms with Crippen LogP contribution in [0.15, 0.2) is 12.5 Å². The Morgan fingerprint density at radius 3 is 2.62 bits per heavy atom. The number of rotatable bonds is 4. The number of aromatic nitrogens is 2. The van der Waals surface area contributed by atoms with Gasteiger partial charge in [-0.25, -0.2) is 14.6 Å². The molecule has 0 aliphatic rings. The van der Waals surface area contributed by atoms with Crippen LogP contribution in [0.25, 0.3) is 0 Å². The average Bonchev–Trinajstić information content (AvgIpc) is 2.66. The van der Waals surface area contributed by atoms with E-state index in [4.69, 9.17) is 4.74 Å². The molecule has 16 heavy (non-hydrogen) atoms. The van der Waals surface area contributed by atoms with Crippen LogP contribution in [0.1, 0.15) is 24.3 Å². The Labute approximate surface area is 91.9 Å². The van der Waals surface area contributed by atoms with E-state index in [2.05, 4.69) is 14.6 Å². The molecule has 88 valence electrons. The third-order valence-electron chi connectivity index (χ3n) is 1.53. The van der Waals surface area contributed by atoms with Crippen molar-refractivity contribution >= 4 is 12.1 Å². The number of carbonyl (C=O) groups is 2. The van der Waals surface area contributed by atoms with Gasteiger partial charge in [0.05, 0.1) is 19.4 Å². The van der Waals surface area contributed by atoms with Crippen molar-refractivity contribution in [1.82, 2.24) is 9.71 Å². The molecular weight excluding hydrogens is 216 g/mol. The van der Waals surface area contributed by atoms with Crippen LogP contribution in [-0.4, -0.2) is 35.1 Å². The number of carbonyl (C=O) groups excluding carboxylic acids is 2. The molecule has 0 radical (unpaired) electrons. The summed E-state index contributed by atoms with van der Waals surface area (Å²) in [5.74, 6) is -0.621. The Balaban J connectivity index is 2.70. The summed E-state index contributed by atoms with van der Waals surface area (Å²) in [6.45, 7) is 3.72. The predicted molar refractivity (Wildman–Crippen MR) is 51.8 cm³/mol. The zero-order valence-corrected chi connectivity index (χ0v) is 9.00. The van der Waals surface area contributed by atoms with E-state index < -0.39 is 12.1 Å². The lowest BCUT2D eigenvalue weighted by molar-refractivity contribution is 0.0371. The van der Waals surface area contributed by atoms with Crippen LogP contribution in [0.4, 0.5) is 4.79 Å². The van der Waals surface area contributed by atoms with Crippen molar-refractivity contribution in [1.29, 1.82) is 0 Å². The molecule has 1 aromatic rings. The maximum absolute atomic E-state index is 11.4. The lowest BCUT2D eigenvalue weighted by Crippen LogP contribution is -2.24. The molecule has 0 saturated carbocycles. The molecule has 7 heteroatoms. The van der Waals surface area contributed by atoms with Gasteiger partial charge in [0, 0.05) is 0 Å². The van der Waals surface area contributed by atoms with E-state index in [1.54, 1.807) is 13.8 Å². The molecule has 0 N–H and O–H groups in total. The van der Waals surface area contributed by atoms with Crippen LogP contribution >= 0.6 is 0 Å². The summed E-state index contributed by atoms with van der Waals surface area (Å²) < 4.78 is 10.2. The molecule has 0 aliphatic heterocycles. The van der Waals surface area contributed by atoms with Crippen molar-refractivity contribution in [2.45, 2.75) is 13.8 Å². The molecular formula is C9H12N2O5. The van der Waals surface area contributed by atoms with Gasteiger partial charge < -0.3 is 9.47 Å². The second-order valence-corrected chi connectivity index (χ2v) is 2.60. The summed E-state index contributed by atoms with van der Waals surface area (Å²) in [6.07, 6.45) is 1.49. The minimum atomic E-state index is -0.911. The van der Waals surface area contributed by atoms with E-state index in [1.807, 2.05) is 0 Å². The lowest BCUT2D eigenvalue weighted by Gasteiger charge is -2.06. The first-order valence-corrected chi connectivity index (χ1v) is 4.73. The van der Waals surface area contributed by atoms with Gasteiger partial charge in [-0.05, 0) is 13.8 Å². The highest BCUT2D eigenvalue weighted by Crippen LogP contribution is 2.00. The summed E-state index contributed by atoms with van der Waals surface area (Å²) >= 11 is 0. The lowest BCUT2D eigenvalue weighted by atomic mass is 10.5. The highest BCUT2D eigenvalue weighted by Gasteiger charge is 2.16. The molecule has 1 aromatic heterocycles. The fourth-order valence-electron chi connectivity index (χ4n) is 0.929. The van der Waals surface area contributed by atoms with Crippen LogP contribution in [0.2, 0.25) is 0 Å². The third kappa shape index (κ3) is 2.97. The molecule has 0 spiro atoms. The Bertz CT molecular complexity index is 374. The molecule has 7 nitrogen and oxygen atoms in total. The molecule has 0 amide bonds. The van der Waals surface area contributed by atoms with Gasteiger partial charge in [0.1, 0.15) is 6.33 Å². The van der Waals surface area contributed by atoms with Gasteiger partial charge in [-0.1, -0.05) is 0 Å². The first kappa shape index (κ1) is 12.0. The number of hydrogen-bond acceptors (Lipinski definition) is 6. The van der Waals surface area contributed by atoms with E-state index in [0.717, 1.165) is 4.73 Å². The van der Waals surface area contributed by atoms with Gasteiger partial charge in [-0.3, -0.25) is 4.84 Å². The molecule has 1 heterocycles. The van der Waals surface area contributed by atoms with Gasteiger partial charge in [-0.15, -0.1) is 0 Å². The quantitative estimate of drug-likeness (QED) is 0.704. The van der Waals surface area contributed by atoms with E-state index in [0.29, 0.717) is 0 Å². The largest absolute Gasteiger partial charge is 0.533 e. The Morgan fingerprint density at radius 1 is 1.31 bits per heavy atom. The maximum Gasteiger partial charge on any atom is 0.533 e. The van der Waals surface area contributed by atoms with E-state index >= 15 is 0 Å². The number of hydrogen-bond donors (Lipinski definition) is 0. The predicted octanol–water partition coefficient (Wildman–Crippen LogP) is 0.645. The van der Waals surface area contributed by atoms with E-state index in [-0.39, 0.29) is 18.9 Å². The summed E-state index contributed by atoms with van der Waals surface area (Å²) in [7, 11) is 0. The highest BCUT2D eigenvalue weighted by molar-refractivity contribution is 5.87. The molecule has 0 fully saturated rings. The molecule has 1 rings (SSSR count). The van der Waals surface area contributed by atoms with Crippen LogP contribution in [0.3, 0.4) is 0 Å². The van der Waals surface area contributed by atoms with Crippen molar-refractivity contribution in [2.24, 2.45) is 0 Å².